The van der Waals surface area contributed by atoms with E-state index in [1.807, 2.05) is 60.7 Å². The van der Waals surface area contributed by atoms with E-state index in [0.717, 1.165) is 11.1 Å². The number of hydrogen-bond acceptors (Lipinski definition) is 5. The Morgan fingerprint density at radius 2 is 1.69 bits per heavy atom. The second-order valence-corrected chi connectivity index (χ2v) is 7.88. The normalized spacial score (nSPS) is 17.6. The highest BCUT2D eigenvalue weighted by atomic mass is 16.5. The molecule has 2 aromatic carbocycles. The second-order valence-electron chi connectivity index (χ2n) is 7.88. The van der Waals surface area contributed by atoms with E-state index < -0.39 is 17.4 Å². The molecule has 0 spiro atoms. The number of hydrogen-bond donors (Lipinski definition) is 1. The molecule has 0 saturated heterocycles. The molecule has 3 aromatic rings. The average Bonchev–Trinajstić information content (AvgIpc) is 3.24. The molecule has 0 bridgehead atoms. The third kappa shape index (κ3) is 3.87. The van der Waals surface area contributed by atoms with Gasteiger partial charge in [0.25, 0.3) is 5.91 Å². The number of ether oxygens (including phenoxy) is 1. The van der Waals surface area contributed by atoms with Crippen LogP contribution in [0.1, 0.15) is 39.0 Å². The number of amides is 2. The molecule has 0 unspecified atom stereocenters. The number of nitrogens with one attached hydrogen (secondary N) is 1. The van der Waals surface area contributed by atoms with Crippen molar-refractivity contribution in [3.63, 3.8) is 0 Å². The molecule has 1 aromatic heterocycles. The van der Waals surface area contributed by atoms with Gasteiger partial charge < -0.3 is 19.5 Å². The first-order chi connectivity index (χ1) is 15.4. The van der Waals surface area contributed by atoms with Crippen LogP contribution in [-0.4, -0.2) is 44.9 Å². The molecule has 164 valence electrons. The monoisotopic (exact) mass is 432 g/mol. The van der Waals surface area contributed by atoms with E-state index in [9.17, 15) is 14.4 Å². The van der Waals surface area contributed by atoms with Gasteiger partial charge in [0.1, 0.15) is 11.2 Å². The summed E-state index contributed by atoms with van der Waals surface area (Å²) >= 11 is 0. The maximum atomic E-state index is 13.6. The summed E-state index contributed by atoms with van der Waals surface area (Å²) in [5, 5.41) is 2.96. The van der Waals surface area contributed by atoms with Gasteiger partial charge in [-0.15, -0.1) is 0 Å². The maximum absolute atomic E-state index is 13.6. The molecule has 0 aliphatic carbocycles. The summed E-state index contributed by atoms with van der Waals surface area (Å²) in [6, 6.07) is 19.0. The topological polar surface area (TPSA) is 93.5 Å². The van der Waals surface area contributed by atoms with Crippen molar-refractivity contribution in [2.45, 2.75) is 32.1 Å². The average molecular weight is 432 g/mol. The Morgan fingerprint density at radius 1 is 1.06 bits per heavy atom. The van der Waals surface area contributed by atoms with Gasteiger partial charge in [-0.1, -0.05) is 60.7 Å². The summed E-state index contributed by atoms with van der Waals surface area (Å²) in [6.45, 7) is 2.44. The first-order valence-corrected chi connectivity index (χ1v) is 10.3. The molecule has 8 nitrogen and oxygen atoms in total. The Balaban J connectivity index is 1.69. The Morgan fingerprint density at radius 3 is 2.31 bits per heavy atom. The van der Waals surface area contributed by atoms with Crippen molar-refractivity contribution < 1.29 is 19.1 Å². The lowest BCUT2D eigenvalue weighted by molar-refractivity contribution is -0.133. The largest absolute Gasteiger partial charge is 0.464 e. The molecule has 1 atom stereocenters. The van der Waals surface area contributed by atoms with Crippen molar-refractivity contribution in [2.24, 2.45) is 0 Å². The van der Waals surface area contributed by atoms with Gasteiger partial charge in [-0.3, -0.25) is 9.59 Å². The standard InChI is InChI=1S/C24H24N4O4/c1-24(23(31)25-13-17-9-5-3-6-10-17)15-27-16-26-19(22(30)32-2)20(27)21(29)28(24)14-18-11-7-4-8-12-18/h3-12,16H,13-15H2,1-2H3,(H,25,31)/t24-/m0/s1. The van der Waals surface area contributed by atoms with Crippen LogP contribution in [0.3, 0.4) is 0 Å². The van der Waals surface area contributed by atoms with E-state index in [1.54, 1.807) is 11.5 Å². The van der Waals surface area contributed by atoms with Gasteiger partial charge in [0.15, 0.2) is 5.69 Å². The van der Waals surface area contributed by atoms with Crippen LogP contribution >= 0.6 is 0 Å². The van der Waals surface area contributed by atoms with Crippen LogP contribution in [0, 0.1) is 0 Å². The Kier molecular flexibility index (Phi) is 5.77. The highest BCUT2D eigenvalue weighted by Gasteiger charge is 2.48. The number of carbonyl (C=O) groups excluding carboxylic acids is 3. The molecule has 2 heterocycles. The zero-order valence-corrected chi connectivity index (χ0v) is 17.9. The van der Waals surface area contributed by atoms with Crippen LogP contribution in [-0.2, 0) is 29.2 Å². The highest BCUT2D eigenvalue weighted by Crippen LogP contribution is 2.30. The van der Waals surface area contributed by atoms with Crippen molar-refractivity contribution in [3.05, 3.63) is 89.5 Å². The minimum absolute atomic E-state index is 0.0534. The molecule has 1 aliphatic rings. The maximum Gasteiger partial charge on any atom is 0.359 e. The molecular weight excluding hydrogens is 408 g/mol. The van der Waals surface area contributed by atoms with Crippen LogP contribution in [0.4, 0.5) is 0 Å². The van der Waals surface area contributed by atoms with Gasteiger partial charge in [-0.05, 0) is 18.1 Å². The SMILES string of the molecule is COC(=O)c1ncn2c1C(=O)N(Cc1ccccc1)[C@](C)(C(=O)NCc1ccccc1)C2. The van der Waals surface area contributed by atoms with Crippen molar-refractivity contribution >= 4 is 17.8 Å². The summed E-state index contributed by atoms with van der Waals surface area (Å²) in [6.07, 6.45) is 1.40. The van der Waals surface area contributed by atoms with Gasteiger partial charge in [0, 0.05) is 13.1 Å². The van der Waals surface area contributed by atoms with E-state index in [0.29, 0.717) is 6.54 Å². The zero-order valence-electron chi connectivity index (χ0n) is 17.9. The fourth-order valence-electron chi connectivity index (χ4n) is 3.92. The van der Waals surface area contributed by atoms with E-state index in [2.05, 4.69) is 10.3 Å². The van der Waals surface area contributed by atoms with Crippen molar-refractivity contribution in [2.75, 3.05) is 7.11 Å². The van der Waals surface area contributed by atoms with Gasteiger partial charge in [0.05, 0.1) is 20.0 Å². The van der Waals surface area contributed by atoms with Gasteiger partial charge >= 0.3 is 5.97 Å². The van der Waals surface area contributed by atoms with E-state index in [4.69, 9.17) is 4.74 Å². The minimum Gasteiger partial charge on any atom is -0.464 e. The van der Waals surface area contributed by atoms with Crippen molar-refractivity contribution in [1.29, 1.82) is 0 Å². The summed E-state index contributed by atoms with van der Waals surface area (Å²) in [4.78, 5) is 44.8. The van der Waals surface area contributed by atoms with Crippen LogP contribution in [0.2, 0.25) is 0 Å². The Hall–Kier alpha value is -3.94. The second kappa shape index (κ2) is 8.66. The third-order valence-corrected chi connectivity index (χ3v) is 5.71. The molecule has 32 heavy (non-hydrogen) atoms. The fourth-order valence-corrected chi connectivity index (χ4v) is 3.92. The van der Waals surface area contributed by atoms with Crippen molar-refractivity contribution in [3.8, 4) is 0 Å². The number of benzene rings is 2. The van der Waals surface area contributed by atoms with Gasteiger partial charge in [-0.2, -0.15) is 0 Å². The molecule has 1 N–H and O–H groups in total. The van der Waals surface area contributed by atoms with Crippen LogP contribution < -0.4 is 5.32 Å². The fraction of sp³-hybridized carbons (Fsp3) is 0.250. The minimum atomic E-state index is -1.19. The lowest BCUT2D eigenvalue weighted by Crippen LogP contribution is -2.63. The number of carbonyl (C=O) groups is 3. The summed E-state index contributed by atoms with van der Waals surface area (Å²) in [7, 11) is 1.24. The molecular formula is C24H24N4O4. The summed E-state index contributed by atoms with van der Waals surface area (Å²) in [5.74, 6) is -1.43. The molecule has 4 rings (SSSR count). The van der Waals surface area contributed by atoms with Gasteiger partial charge in [0.2, 0.25) is 5.91 Å². The molecule has 0 radical (unpaired) electrons. The number of aromatic nitrogens is 2. The van der Waals surface area contributed by atoms with E-state index in [1.165, 1.54) is 18.3 Å². The van der Waals surface area contributed by atoms with Crippen LogP contribution in [0.15, 0.2) is 67.0 Å². The predicted octanol–water partition coefficient (Wildman–Crippen LogP) is 2.40. The van der Waals surface area contributed by atoms with Crippen LogP contribution in [0.5, 0.6) is 0 Å². The first kappa shape index (κ1) is 21.3. The van der Waals surface area contributed by atoms with Gasteiger partial charge in [-0.25, -0.2) is 9.78 Å². The Bertz CT molecular complexity index is 1140. The highest BCUT2D eigenvalue weighted by molar-refractivity contribution is 6.06. The Labute approximate surface area is 185 Å². The van der Waals surface area contributed by atoms with Crippen LogP contribution in [0.25, 0.3) is 0 Å². The number of nitrogens with zero attached hydrogens (tertiary/aromatic N) is 3. The van der Waals surface area contributed by atoms with E-state index >= 15 is 0 Å². The van der Waals surface area contributed by atoms with Crippen molar-refractivity contribution in [1.82, 2.24) is 19.8 Å². The predicted molar refractivity (Wildman–Crippen MR) is 117 cm³/mol. The lowest BCUT2D eigenvalue weighted by Gasteiger charge is -2.43. The quantitative estimate of drug-likeness (QED) is 0.604. The third-order valence-electron chi connectivity index (χ3n) is 5.71. The number of imidazole rings is 1. The molecule has 1 aliphatic heterocycles. The molecule has 0 fully saturated rings. The number of rotatable bonds is 6. The number of fused-ring (bicyclic) bond motifs is 1. The lowest BCUT2D eigenvalue weighted by atomic mass is 9.93. The zero-order chi connectivity index (χ0) is 22.7. The first-order valence-electron chi connectivity index (χ1n) is 10.3. The summed E-state index contributed by atoms with van der Waals surface area (Å²) in [5.41, 5.74) is 0.708. The smallest absolute Gasteiger partial charge is 0.359 e. The summed E-state index contributed by atoms with van der Waals surface area (Å²) < 4.78 is 6.34. The molecule has 2 amide bonds. The molecule has 0 saturated carbocycles. The van der Waals surface area contributed by atoms with E-state index in [-0.39, 0.29) is 30.4 Å². The number of methoxy groups -OCH3 is 1. The number of esters is 1. The molecule has 8 heteroatoms.